The van der Waals surface area contributed by atoms with Gasteiger partial charge in [-0.1, -0.05) is 58.1 Å². The van der Waals surface area contributed by atoms with Crippen molar-refractivity contribution >= 4 is 0 Å². The highest BCUT2D eigenvalue weighted by molar-refractivity contribution is 5.29. The normalized spacial score (nSPS) is 25.1. The molecule has 0 unspecified atom stereocenters. The number of methoxy groups -OCH3 is 1. The molecule has 22 heavy (non-hydrogen) atoms. The van der Waals surface area contributed by atoms with E-state index in [4.69, 9.17) is 4.74 Å². The molecular weight excluding hydrogens is 268 g/mol. The molecule has 0 atom stereocenters. The topological polar surface area (TPSA) is 9.23 Å². The van der Waals surface area contributed by atoms with Crippen LogP contribution in [0.3, 0.4) is 0 Å². The van der Waals surface area contributed by atoms with Crippen LogP contribution in [0.1, 0.15) is 89.5 Å². The van der Waals surface area contributed by atoms with E-state index in [1.54, 1.807) is 7.11 Å². The molecule has 0 bridgehead atoms. The molecule has 1 heteroatoms. The summed E-state index contributed by atoms with van der Waals surface area (Å²) in [4.78, 5) is 0. The first kappa shape index (κ1) is 17.4. The molecule has 1 aliphatic carbocycles. The van der Waals surface area contributed by atoms with Crippen LogP contribution in [0.4, 0.5) is 0 Å². The van der Waals surface area contributed by atoms with Gasteiger partial charge in [0.1, 0.15) is 5.75 Å². The van der Waals surface area contributed by atoms with Crippen LogP contribution in [-0.4, -0.2) is 7.11 Å². The van der Waals surface area contributed by atoms with Crippen molar-refractivity contribution in [1.82, 2.24) is 0 Å². The van der Waals surface area contributed by atoms with E-state index in [-0.39, 0.29) is 0 Å². The summed E-state index contributed by atoms with van der Waals surface area (Å²) in [6, 6.07) is 8.74. The minimum Gasteiger partial charge on any atom is -0.497 e. The lowest BCUT2D eigenvalue weighted by Crippen LogP contribution is -2.23. The van der Waals surface area contributed by atoms with Gasteiger partial charge in [0.2, 0.25) is 0 Å². The first-order valence-corrected chi connectivity index (χ1v) is 9.31. The van der Waals surface area contributed by atoms with Crippen LogP contribution in [0.25, 0.3) is 0 Å². The number of unbranched alkanes of at least 4 members (excludes halogenated alkanes) is 4. The molecule has 2 rings (SSSR count). The fourth-order valence-corrected chi connectivity index (χ4v) is 3.93. The number of ether oxygens (including phenoxy) is 1. The summed E-state index contributed by atoms with van der Waals surface area (Å²) in [6.07, 6.45) is 14.0. The Morgan fingerprint density at radius 1 is 1.00 bits per heavy atom. The number of rotatable bonds is 8. The average molecular weight is 303 g/mol. The number of hydrogen-bond acceptors (Lipinski definition) is 1. The highest BCUT2D eigenvalue weighted by Gasteiger charge is 2.31. The van der Waals surface area contributed by atoms with Gasteiger partial charge in [-0.3, -0.25) is 0 Å². The van der Waals surface area contributed by atoms with Crippen LogP contribution in [0.5, 0.6) is 5.75 Å². The third-order valence-corrected chi connectivity index (χ3v) is 5.66. The molecule has 1 saturated carbocycles. The van der Waals surface area contributed by atoms with Crippen molar-refractivity contribution in [1.29, 1.82) is 0 Å². The summed E-state index contributed by atoms with van der Waals surface area (Å²) < 4.78 is 5.26. The van der Waals surface area contributed by atoms with E-state index in [9.17, 15) is 0 Å². The summed E-state index contributed by atoms with van der Waals surface area (Å²) in [5.74, 6) is 1.73. The van der Waals surface area contributed by atoms with Gasteiger partial charge in [-0.2, -0.15) is 0 Å². The first-order valence-electron chi connectivity index (χ1n) is 9.31. The van der Waals surface area contributed by atoms with Crippen molar-refractivity contribution in [2.75, 3.05) is 7.11 Å². The summed E-state index contributed by atoms with van der Waals surface area (Å²) in [5, 5.41) is 0. The minimum absolute atomic E-state index is 0.606. The molecule has 0 spiro atoms. The first-order chi connectivity index (χ1) is 10.7. The summed E-state index contributed by atoms with van der Waals surface area (Å²) in [7, 11) is 1.74. The standard InChI is InChI=1S/C21H34O/c1-4-5-6-7-8-15-21(2)16-13-19(14-17-21)18-9-11-20(22-3)12-10-18/h9-12,19H,4-8,13-17H2,1-3H3/t19-,21+. The molecule has 0 heterocycles. The quantitative estimate of drug-likeness (QED) is 0.484. The maximum atomic E-state index is 5.26. The van der Waals surface area contributed by atoms with Crippen LogP contribution in [-0.2, 0) is 0 Å². The highest BCUT2D eigenvalue weighted by atomic mass is 16.5. The van der Waals surface area contributed by atoms with Crippen molar-refractivity contribution in [3.8, 4) is 5.75 Å². The molecule has 0 N–H and O–H groups in total. The van der Waals surface area contributed by atoms with Gasteiger partial charge in [0.05, 0.1) is 7.11 Å². The molecule has 1 nitrogen and oxygen atoms in total. The lowest BCUT2D eigenvalue weighted by atomic mass is 9.68. The average Bonchev–Trinajstić information content (AvgIpc) is 2.55. The second-order valence-electron chi connectivity index (χ2n) is 7.52. The molecule has 0 saturated heterocycles. The Morgan fingerprint density at radius 3 is 2.23 bits per heavy atom. The SMILES string of the molecule is CCCCCCC[C@]1(C)CC[C@H](c2ccc(OC)cc2)CC1. The van der Waals surface area contributed by atoms with E-state index >= 15 is 0 Å². The van der Waals surface area contributed by atoms with Gasteiger partial charge in [-0.05, 0) is 61.1 Å². The molecule has 1 aromatic rings. The smallest absolute Gasteiger partial charge is 0.118 e. The number of benzene rings is 1. The third kappa shape index (κ3) is 5.04. The highest BCUT2D eigenvalue weighted by Crippen LogP contribution is 2.45. The van der Waals surface area contributed by atoms with Crippen molar-refractivity contribution in [2.45, 2.75) is 84.0 Å². The van der Waals surface area contributed by atoms with E-state index in [0.29, 0.717) is 5.41 Å². The predicted octanol–water partition coefficient (Wildman–Crippen LogP) is 6.72. The lowest BCUT2D eigenvalue weighted by Gasteiger charge is -2.38. The van der Waals surface area contributed by atoms with Gasteiger partial charge in [0.15, 0.2) is 0 Å². The van der Waals surface area contributed by atoms with Crippen molar-refractivity contribution < 1.29 is 4.74 Å². The molecule has 1 fully saturated rings. The molecule has 124 valence electrons. The van der Waals surface area contributed by atoms with E-state index in [1.807, 2.05) is 0 Å². The largest absolute Gasteiger partial charge is 0.497 e. The van der Waals surface area contributed by atoms with E-state index < -0.39 is 0 Å². The Bertz CT molecular complexity index is 412. The minimum atomic E-state index is 0.606. The van der Waals surface area contributed by atoms with Gasteiger partial charge in [0.25, 0.3) is 0 Å². The Balaban J connectivity index is 1.76. The Hall–Kier alpha value is -0.980. The summed E-state index contributed by atoms with van der Waals surface area (Å²) in [6.45, 7) is 4.82. The second kappa shape index (κ2) is 8.60. The Morgan fingerprint density at radius 2 is 1.64 bits per heavy atom. The van der Waals surface area contributed by atoms with E-state index in [2.05, 4.69) is 38.1 Å². The molecule has 1 aromatic carbocycles. The Labute approximate surface area is 137 Å². The fraction of sp³-hybridized carbons (Fsp3) is 0.714. The summed E-state index contributed by atoms with van der Waals surface area (Å²) in [5.41, 5.74) is 2.11. The predicted molar refractivity (Wildman–Crippen MR) is 95.7 cm³/mol. The van der Waals surface area contributed by atoms with Crippen LogP contribution in [0.15, 0.2) is 24.3 Å². The second-order valence-corrected chi connectivity index (χ2v) is 7.52. The fourth-order valence-electron chi connectivity index (χ4n) is 3.93. The van der Waals surface area contributed by atoms with E-state index in [1.165, 1.54) is 69.8 Å². The van der Waals surface area contributed by atoms with Gasteiger partial charge in [-0.15, -0.1) is 0 Å². The van der Waals surface area contributed by atoms with Gasteiger partial charge < -0.3 is 4.74 Å². The van der Waals surface area contributed by atoms with Gasteiger partial charge >= 0.3 is 0 Å². The maximum absolute atomic E-state index is 5.26. The van der Waals surface area contributed by atoms with Gasteiger partial charge in [-0.25, -0.2) is 0 Å². The number of hydrogen-bond donors (Lipinski definition) is 0. The van der Waals surface area contributed by atoms with Crippen LogP contribution in [0.2, 0.25) is 0 Å². The van der Waals surface area contributed by atoms with Crippen LogP contribution >= 0.6 is 0 Å². The molecule has 0 aromatic heterocycles. The van der Waals surface area contributed by atoms with Crippen molar-refractivity contribution in [3.63, 3.8) is 0 Å². The molecule has 0 aliphatic heterocycles. The molecular formula is C21H34O. The zero-order chi connectivity index (χ0) is 15.8. The van der Waals surface area contributed by atoms with E-state index in [0.717, 1.165) is 11.7 Å². The maximum Gasteiger partial charge on any atom is 0.118 e. The third-order valence-electron chi connectivity index (χ3n) is 5.66. The Kier molecular flexibility index (Phi) is 6.79. The van der Waals surface area contributed by atoms with Crippen molar-refractivity contribution in [3.05, 3.63) is 29.8 Å². The molecule has 0 amide bonds. The summed E-state index contributed by atoms with van der Waals surface area (Å²) >= 11 is 0. The van der Waals surface area contributed by atoms with Crippen LogP contribution in [0, 0.1) is 5.41 Å². The molecule has 0 radical (unpaired) electrons. The van der Waals surface area contributed by atoms with Crippen LogP contribution < -0.4 is 4.74 Å². The van der Waals surface area contributed by atoms with Crippen molar-refractivity contribution in [2.24, 2.45) is 5.41 Å². The zero-order valence-electron chi connectivity index (χ0n) is 14.9. The lowest BCUT2D eigenvalue weighted by molar-refractivity contribution is 0.177. The zero-order valence-corrected chi connectivity index (χ0v) is 14.9. The van der Waals surface area contributed by atoms with Gasteiger partial charge in [0, 0.05) is 0 Å². The molecule has 1 aliphatic rings. The monoisotopic (exact) mass is 302 g/mol.